The van der Waals surface area contributed by atoms with Crippen molar-refractivity contribution in [1.29, 1.82) is 0 Å². The van der Waals surface area contributed by atoms with Gasteiger partial charge < -0.3 is 0 Å². The van der Waals surface area contributed by atoms with Gasteiger partial charge in [0.15, 0.2) is 0 Å². The number of thiophene rings is 2. The van der Waals surface area contributed by atoms with Crippen molar-refractivity contribution in [3.63, 3.8) is 0 Å². The number of rotatable bonds is 3. The average Bonchev–Trinajstić information content (AvgIpc) is 3.56. The predicted octanol–water partition coefficient (Wildman–Crippen LogP) is 12.0. The van der Waals surface area contributed by atoms with Gasteiger partial charge in [-0.05, 0) is 75.8 Å². The molecule has 0 aliphatic rings. The largest absolute Gasteiger partial charge is 0.140 e. The van der Waals surface area contributed by atoms with Gasteiger partial charge in [0, 0.05) is 41.1 Å². The van der Waals surface area contributed by atoms with Crippen molar-refractivity contribution in [2.45, 2.75) is 13.8 Å². The first kappa shape index (κ1) is 23.6. The first-order chi connectivity index (χ1) is 19.7. The molecule has 0 nitrogen and oxygen atoms in total. The normalized spacial score (nSPS) is 11.8. The molecule has 2 heterocycles. The minimum absolute atomic E-state index is 1.26. The quantitative estimate of drug-likeness (QED) is 0.207. The van der Waals surface area contributed by atoms with Gasteiger partial charge in [0.05, 0.1) is 0 Å². The molecule has 0 saturated carbocycles. The second-order valence-electron chi connectivity index (χ2n) is 10.6. The smallest absolute Gasteiger partial charge is 0.0437 e. The lowest BCUT2D eigenvalue weighted by molar-refractivity contribution is 1.64. The van der Waals surface area contributed by atoms with Crippen molar-refractivity contribution in [3.8, 4) is 33.4 Å². The molecule has 0 bridgehead atoms. The molecule has 0 aliphatic heterocycles. The lowest BCUT2D eigenvalue weighted by atomic mass is 9.88. The Bertz CT molecular complexity index is 2170. The van der Waals surface area contributed by atoms with Gasteiger partial charge in [0.1, 0.15) is 0 Å². The molecule has 190 valence electrons. The van der Waals surface area contributed by atoms with Crippen LogP contribution in [0.5, 0.6) is 0 Å². The van der Waals surface area contributed by atoms with Crippen LogP contribution in [0.4, 0.5) is 0 Å². The van der Waals surface area contributed by atoms with Crippen LogP contribution in [-0.2, 0) is 0 Å². The molecular formula is C38H26S2. The summed E-state index contributed by atoms with van der Waals surface area (Å²) in [5, 5.41) is 7.89. The minimum Gasteiger partial charge on any atom is -0.140 e. The standard InChI is InChI=1S/C38H26S2/c1-23-20-33-35(28-17-16-25-10-6-7-13-27(25)22-28)37-34(21-24(2)39-37)36(38(33)40-23)32-19-18-29(26-11-4-3-5-12-26)30-14-8-9-15-31(30)32/h3-22H,1-2H3. The van der Waals surface area contributed by atoms with E-state index in [-0.39, 0.29) is 0 Å². The van der Waals surface area contributed by atoms with Crippen LogP contribution in [0.25, 0.3) is 75.1 Å². The van der Waals surface area contributed by atoms with E-state index in [4.69, 9.17) is 0 Å². The molecule has 0 saturated heterocycles. The summed E-state index contributed by atoms with van der Waals surface area (Å²) in [6.45, 7) is 4.49. The Kier molecular flexibility index (Phi) is 5.41. The molecule has 0 atom stereocenters. The van der Waals surface area contributed by atoms with Crippen molar-refractivity contribution in [1.82, 2.24) is 0 Å². The second kappa shape index (κ2) is 9.16. The maximum atomic E-state index is 2.41. The summed E-state index contributed by atoms with van der Waals surface area (Å²) in [6.07, 6.45) is 0. The van der Waals surface area contributed by atoms with Crippen molar-refractivity contribution in [2.24, 2.45) is 0 Å². The van der Waals surface area contributed by atoms with E-state index in [0.717, 1.165) is 0 Å². The highest BCUT2D eigenvalue weighted by atomic mass is 32.1. The SMILES string of the molecule is Cc1cc2c(-c3ccc(-c4ccccc4)c4ccccc34)c3sc(C)cc3c(-c3ccc4ccccc4c3)c2s1. The fraction of sp³-hybridized carbons (Fsp3) is 0.0526. The summed E-state index contributed by atoms with van der Waals surface area (Å²) >= 11 is 3.85. The first-order valence-corrected chi connectivity index (χ1v) is 15.3. The van der Waals surface area contributed by atoms with E-state index in [0.29, 0.717) is 0 Å². The number of benzene rings is 6. The maximum Gasteiger partial charge on any atom is 0.0437 e. The van der Waals surface area contributed by atoms with E-state index in [1.165, 1.54) is 84.9 Å². The van der Waals surface area contributed by atoms with Gasteiger partial charge >= 0.3 is 0 Å². The molecule has 2 heteroatoms. The van der Waals surface area contributed by atoms with Crippen molar-refractivity contribution in [2.75, 3.05) is 0 Å². The van der Waals surface area contributed by atoms with Crippen molar-refractivity contribution < 1.29 is 0 Å². The molecule has 0 aliphatic carbocycles. The van der Waals surface area contributed by atoms with Crippen LogP contribution in [0.2, 0.25) is 0 Å². The van der Waals surface area contributed by atoms with Crippen molar-refractivity contribution in [3.05, 3.63) is 131 Å². The Morgan fingerprint density at radius 2 is 0.975 bits per heavy atom. The molecule has 0 amide bonds. The third kappa shape index (κ3) is 3.64. The molecule has 0 fully saturated rings. The molecule has 0 radical (unpaired) electrons. The molecule has 6 aromatic carbocycles. The van der Waals surface area contributed by atoms with Gasteiger partial charge in [-0.3, -0.25) is 0 Å². The molecule has 8 aromatic rings. The number of hydrogen-bond donors (Lipinski definition) is 0. The fourth-order valence-electron chi connectivity index (χ4n) is 6.30. The third-order valence-corrected chi connectivity index (χ3v) is 10.2. The zero-order valence-corrected chi connectivity index (χ0v) is 24.0. The van der Waals surface area contributed by atoms with Gasteiger partial charge in [-0.25, -0.2) is 0 Å². The van der Waals surface area contributed by atoms with Gasteiger partial charge in [-0.2, -0.15) is 0 Å². The second-order valence-corrected chi connectivity index (χ2v) is 13.1. The topological polar surface area (TPSA) is 0 Å². The monoisotopic (exact) mass is 546 g/mol. The highest BCUT2D eigenvalue weighted by molar-refractivity contribution is 7.22. The summed E-state index contributed by atoms with van der Waals surface area (Å²) in [6, 6.07) is 44.8. The van der Waals surface area contributed by atoms with Crippen LogP contribution >= 0.6 is 22.7 Å². The Balaban J connectivity index is 1.48. The van der Waals surface area contributed by atoms with Crippen LogP contribution < -0.4 is 0 Å². The number of fused-ring (bicyclic) bond motifs is 4. The van der Waals surface area contributed by atoms with E-state index >= 15 is 0 Å². The van der Waals surface area contributed by atoms with Crippen molar-refractivity contribution >= 4 is 64.4 Å². The summed E-state index contributed by atoms with van der Waals surface area (Å²) in [5.41, 5.74) is 7.88. The first-order valence-electron chi connectivity index (χ1n) is 13.7. The van der Waals surface area contributed by atoms with E-state index in [2.05, 4.69) is 135 Å². The van der Waals surface area contributed by atoms with Crippen LogP contribution in [-0.4, -0.2) is 0 Å². The summed E-state index contributed by atoms with van der Waals surface area (Å²) in [7, 11) is 0. The Labute approximate surface area is 241 Å². The molecule has 2 aromatic heterocycles. The van der Waals surface area contributed by atoms with E-state index < -0.39 is 0 Å². The van der Waals surface area contributed by atoms with E-state index in [1.54, 1.807) is 0 Å². The Morgan fingerprint density at radius 1 is 0.400 bits per heavy atom. The molecular weight excluding hydrogens is 521 g/mol. The van der Waals surface area contributed by atoms with Gasteiger partial charge in [-0.1, -0.05) is 103 Å². The van der Waals surface area contributed by atoms with Crippen LogP contribution in [0.3, 0.4) is 0 Å². The minimum atomic E-state index is 1.26. The van der Waals surface area contributed by atoms with E-state index in [1.807, 2.05) is 22.7 Å². The van der Waals surface area contributed by atoms with E-state index in [9.17, 15) is 0 Å². The van der Waals surface area contributed by atoms with Gasteiger partial charge in [-0.15, -0.1) is 22.7 Å². The third-order valence-electron chi connectivity index (χ3n) is 8.02. The van der Waals surface area contributed by atoms with Gasteiger partial charge in [0.25, 0.3) is 0 Å². The molecule has 0 spiro atoms. The molecule has 8 rings (SSSR count). The fourth-order valence-corrected chi connectivity index (χ4v) is 8.49. The zero-order chi connectivity index (χ0) is 26.8. The molecule has 0 N–H and O–H groups in total. The van der Waals surface area contributed by atoms with Gasteiger partial charge in [0.2, 0.25) is 0 Å². The Morgan fingerprint density at radius 3 is 1.73 bits per heavy atom. The van der Waals surface area contributed by atoms with Crippen LogP contribution in [0.1, 0.15) is 9.75 Å². The lowest BCUT2D eigenvalue weighted by Gasteiger charge is -2.16. The zero-order valence-electron chi connectivity index (χ0n) is 22.4. The lowest BCUT2D eigenvalue weighted by Crippen LogP contribution is -1.89. The van der Waals surface area contributed by atoms with Crippen LogP contribution in [0.15, 0.2) is 121 Å². The molecule has 40 heavy (non-hydrogen) atoms. The Hall–Kier alpha value is -4.24. The van der Waals surface area contributed by atoms with Crippen LogP contribution in [0, 0.1) is 13.8 Å². The summed E-state index contributed by atoms with van der Waals surface area (Å²) in [4.78, 5) is 2.69. The number of aryl methyl sites for hydroxylation is 2. The highest BCUT2D eigenvalue weighted by Crippen LogP contribution is 2.51. The predicted molar refractivity (Wildman–Crippen MR) is 178 cm³/mol. The molecule has 0 unspecified atom stereocenters. The summed E-state index contributed by atoms with van der Waals surface area (Å²) in [5.74, 6) is 0. The average molecular weight is 547 g/mol. The summed E-state index contributed by atoms with van der Waals surface area (Å²) < 4.78 is 2.76. The number of hydrogen-bond acceptors (Lipinski definition) is 2. The highest BCUT2D eigenvalue weighted by Gasteiger charge is 2.22. The maximum absolute atomic E-state index is 2.41.